The smallest absolute Gasteiger partial charge is 0.0453 e. The van der Waals surface area contributed by atoms with Gasteiger partial charge in [-0.15, -0.1) is 15.8 Å². The lowest BCUT2D eigenvalue weighted by Gasteiger charge is -2.40. The fourth-order valence-electron chi connectivity index (χ4n) is 7.74. The molecule has 0 aromatic rings. The Balaban J connectivity index is 1.28. The zero-order chi connectivity index (χ0) is 22.0. The minimum atomic E-state index is -0.0981. The van der Waals surface area contributed by atoms with Crippen molar-refractivity contribution in [1.82, 2.24) is 0 Å². The zero-order valence-corrected chi connectivity index (χ0v) is 24.5. The second-order valence-electron chi connectivity index (χ2n) is 12.1. The van der Waals surface area contributed by atoms with Crippen molar-refractivity contribution in [2.75, 3.05) is 12.3 Å². The first kappa shape index (κ1) is 26.1. The molecule has 0 amide bonds. The van der Waals surface area contributed by atoms with Gasteiger partial charge >= 0.3 is 0 Å². The fourth-order valence-corrected chi connectivity index (χ4v) is 19.9. The predicted octanol–water partition coefficient (Wildman–Crippen LogP) is 10.4. The third-order valence-corrected chi connectivity index (χ3v) is 20.1. The Morgan fingerprint density at radius 2 is 0.688 bits per heavy atom. The summed E-state index contributed by atoms with van der Waals surface area (Å²) in [5.74, 6) is 0. The molecule has 0 aromatic heterocycles. The summed E-state index contributed by atoms with van der Waals surface area (Å²) in [7, 11) is 0.604. The van der Waals surface area contributed by atoms with E-state index in [0.717, 1.165) is 0 Å². The van der Waals surface area contributed by atoms with Gasteiger partial charge in [-0.1, -0.05) is 95.7 Å². The Kier molecular flexibility index (Phi) is 11.9. The summed E-state index contributed by atoms with van der Waals surface area (Å²) in [5.41, 5.74) is 4.72. The molecule has 4 aliphatic carbocycles. The van der Waals surface area contributed by atoms with Crippen molar-refractivity contribution in [3.05, 3.63) is 0 Å². The molecule has 185 valence electrons. The molecule has 4 rings (SSSR count). The molecule has 0 spiro atoms. The molecule has 0 aliphatic heterocycles. The van der Waals surface area contributed by atoms with E-state index in [9.17, 15) is 0 Å². The van der Waals surface area contributed by atoms with Crippen molar-refractivity contribution in [2.24, 2.45) is 0 Å². The minimum absolute atomic E-state index is 0.0981. The van der Waals surface area contributed by atoms with Crippen LogP contribution in [0.3, 0.4) is 0 Å². The van der Waals surface area contributed by atoms with Crippen LogP contribution in [0, 0.1) is 0 Å². The van der Waals surface area contributed by atoms with E-state index in [1.54, 1.807) is 153 Å². The standard InChI is InChI=1S/C29H55P2Si/c1-32(24-22-30(26-14-6-2-7-15-26)27-16-8-3-9-17-27)25-23-31(28-18-10-4-11-19-28)29-20-12-5-13-21-29/h26-29H,2-25H2,1H3. The van der Waals surface area contributed by atoms with Gasteiger partial charge < -0.3 is 0 Å². The molecule has 4 fully saturated rings. The van der Waals surface area contributed by atoms with Gasteiger partial charge in [0.25, 0.3) is 0 Å². The van der Waals surface area contributed by atoms with Crippen molar-refractivity contribution >= 4 is 24.6 Å². The van der Waals surface area contributed by atoms with E-state index in [4.69, 9.17) is 0 Å². The highest BCUT2D eigenvalue weighted by Crippen LogP contribution is 2.58. The summed E-state index contributed by atoms with van der Waals surface area (Å²) >= 11 is 0. The van der Waals surface area contributed by atoms with E-state index in [1.807, 2.05) is 0 Å². The Bertz CT molecular complexity index is 407. The maximum atomic E-state index is 2.76. The number of hydrogen-bond acceptors (Lipinski definition) is 0. The lowest BCUT2D eigenvalue weighted by Crippen LogP contribution is -2.25. The van der Waals surface area contributed by atoms with Crippen LogP contribution in [0.2, 0.25) is 18.6 Å². The van der Waals surface area contributed by atoms with E-state index in [0.29, 0.717) is 15.8 Å². The maximum Gasteiger partial charge on any atom is 0.0453 e. The molecule has 32 heavy (non-hydrogen) atoms. The van der Waals surface area contributed by atoms with Gasteiger partial charge in [0.2, 0.25) is 0 Å². The average Bonchev–Trinajstić information content (AvgIpc) is 2.87. The molecule has 0 saturated heterocycles. The lowest BCUT2D eigenvalue weighted by molar-refractivity contribution is 0.484. The average molecular weight is 494 g/mol. The molecule has 0 bridgehead atoms. The van der Waals surface area contributed by atoms with Gasteiger partial charge in [-0.2, -0.15) is 0 Å². The largest absolute Gasteiger partial charge is 0.101 e. The molecule has 0 nitrogen and oxygen atoms in total. The van der Waals surface area contributed by atoms with Gasteiger partial charge in [0.1, 0.15) is 0 Å². The van der Waals surface area contributed by atoms with Crippen LogP contribution in [0.4, 0.5) is 0 Å². The maximum absolute atomic E-state index is 2.76. The van der Waals surface area contributed by atoms with Crippen molar-refractivity contribution in [3.63, 3.8) is 0 Å². The van der Waals surface area contributed by atoms with Crippen molar-refractivity contribution in [2.45, 2.75) is 170 Å². The third-order valence-electron chi connectivity index (χ3n) is 9.77. The van der Waals surface area contributed by atoms with Gasteiger partial charge in [-0.25, -0.2) is 0 Å². The first-order chi connectivity index (χ1) is 15.8. The van der Waals surface area contributed by atoms with Crippen LogP contribution in [0.1, 0.15) is 128 Å². The van der Waals surface area contributed by atoms with Crippen LogP contribution in [0.25, 0.3) is 0 Å². The highest BCUT2D eigenvalue weighted by Gasteiger charge is 2.33. The summed E-state index contributed by atoms with van der Waals surface area (Å²) in [6, 6.07) is 3.36. The van der Waals surface area contributed by atoms with Gasteiger partial charge in [-0.3, -0.25) is 0 Å². The quantitative estimate of drug-likeness (QED) is 0.210. The SMILES string of the molecule is C[Si](CCP(C1CCCCC1)C1CCCCC1)CCP(C1CCCCC1)C1CCCCC1. The zero-order valence-electron chi connectivity index (χ0n) is 21.7. The van der Waals surface area contributed by atoms with Gasteiger partial charge in [0.15, 0.2) is 0 Å². The molecule has 3 heteroatoms. The third kappa shape index (κ3) is 8.06. The number of rotatable bonds is 10. The summed E-state index contributed by atoms with van der Waals surface area (Å²) in [5, 5.41) is 0. The highest BCUT2D eigenvalue weighted by atomic mass is 31.1. The Labute approximate surface area is 206 Å². The molecule has 4 saturated carbocycles. The number of hydrogen-bond donors (Lipinski definition) is 0. The predicted molar refractivity (Wildman–Crippen MR) is 152 cm³/mol. The van der Waals surface area contributed by atoms with Crippen LogP contribution in [0.15, 0.2) is 0 Å². The summed E-state index contributed by atoms with van der Waals surface area (Å²) < 4.78 is 0. The molecule has 0 atom stereocenters. The molecule has 0 heterocycles. The van der Waals surface area contributed by atoms with Crippen molar-refractivity contribution < 1.29 is 0 Å². The second kappa shape index (κ2) is 14.6. The molecule has 1 radical (unpaired) electrons. The molecule has 4 aliphatic rings. The lowest BCUT2D eigenvalue weighted by atomic mass is 9.99. The molecule has 0 N–H and O–H groups in total. The Morgan fingerprint density at radius 3 is 0.938 bits per heavy atom. The van der Waals surface area contributed by atoms with Crippen LogP contribution < -0.4 is 0 Å². The van der Waals surface area contributed by atoms with E-state index in [2.05, 4.69) is 6.55 Å². The Hall–Kier alpha value is 1.08. The molecular weight excluding hydrogens is 438 g/mol. The first-order valence-corrected chi connectivity index (χ1v) is 20.9. The van der Waals surface area contributed by atoms with Crippen LogP contribution >= 0.6 is 15.8 Å². The summed E-state index contributed by atoms with van der Waals surface area (Å²) in [6.07, 6.45) is 35.0. The first-order valence-electron chi connectivity index (χ1n) is 15.1. The van der Waals surface area contributed by atoms with Crippen molar-refractivity contribution in [3.8, 4) is 0 Å². The monoisotopic (exact) mass is 493 g/mol. The van der Waals surface area contributed by atoms with Gasteiger partial charge in [0, 0.05) is 8.80 Å². The Morgan fingerprint density at radius 1 is 0.438 bits per heavy atom. The fraction of sp³-hybridized carbons (Fsp3) is 1.00. The topological polar surface area (TPSA) is 0 Å². The van der Waals surface area contributed by atoms with Crippen LogP contribution in [-0.2, 0) is 0 Å². The summed E-state index contributed by atoms with van der Waals surface area (Å²) in [4.78, 5) is 0. The molecular formula is C29H55P2Si. The normalized spacial score (nSPS) is 25.9. The molecule has 0 aromatic carbocycles. The summed E-state index contributed by atoms with van der Waals surface area (Å²) in [6.45, 7) is 2.76. The van der Waals surface area contributed by atoms with E-state index in [-0.39, 0.29) is 8.80 Å². The second-order valence-corrected chi connectivity index (χ2v) is 20.9. The van der Waals surface area contributed by atoms with E-state index >= 15 is 0 Å². The van der Waals surface area contributed by atoms with Crippen molar-refractivity contribution in [1.29, 1.82) is 0 Å². The van der Waals surface area contributed by atoms with Gasteiger partial charge in [-0.05, 0) is 86.3 Å². The van der Waals surface area contributed by atoms with E-state index < -0.39 is 0 Å². The van der Waals surface area contributed by atoms with Crippen LogP contribution in [-0.4, -0.2) is 43.8 Å². The minimum Gasteiger partial charge on any atom is -0.101 e. The van der Waals surface area contributed by atoms with E-state index in [1.165, 1.54) is 22.6 Å². The van der Waals surface area contributed by atoms with Gasteiger partial charge in [0.05, 0.1) is 0 Å². The highest BCUT2D eigenvalue weighted by molar-refractivity contribution is 7.59. The molecule has 0 unspecified atom stereocenters. The van der Waals surface area contributed by atoms with Crippen LogP contribution in [0.5, 0.6) is 0 Å².